The third-order valence-electron chi connectivity index (χ3n) is 5.38. The van der Waals surface area contributed by atoms with Crippen molar-refractivity contribution in [1.82, 2.24) is 30.1 Å². The molecule has 1 saturated heterocycles. The van der Waals surface area contributed by atoms with E-state index in [1.807, 2.05) is 48.7 Å². The molecule has 1 aromatic carbocycles. The highest BCUT2D eigenvalue weighted by Gasteiger charge is 2.38. The first-order valence-electron chi connectivity index (χ1n) is 10.3. The van der Waals surface area contributed by atoms with Crippen LogP contribution in [-0.2, 0) is 16.0 Å². The molecule has 10 heteroatoms. The van der Waals surface area contributed by atoms with Crippen molar-refractivity contribution in [1.29, 1.82) is 0 Å². The van der Waals surface area contributed by atoms with Gasteiger partial charge in [-0.2, -0.15) is 0 Å². The summed E-state index contributed by atoms with van der Waals surface area (Å²) in [5, 5.41) is 13.6. The molecule has 2 aromatic heterocycles. The standard InChI is InChI=1S/C22H24N6O4/c1-14(20-26-25-18-5-3-4-11-27(18)20)23-19(29)13-17-21(30)28(22(31)24-17)12-10-15-6-8-16(32-2)9-7-15/h3-9,11,14,17H,10,12-13H2,1-2H3,(H,23,29)(H,24,31)/t14-,17-/m1/s1. The molecule has 2 N–H and O–H groups in total. The van der Waals surface area contributed by atoms with Crippen molar-refractivity contribution in [2.24, 2.45) is 0 Å². The van der Waals surface area contributed by atoms with Gasteiger partial charge in [-0.1, -0.05) is 18.2 Å². The lowest BCUT2D eigenvalue weighted by Crippen LogP contribution is -2.38. The van der Waals surface area contributed by atoms with Gasteiger partial charge in [0.05, 0.1) is 19.6 Å². The predicted molar refractivity (Wildman–Crippen MR) is 115 cm³/mol. The molecule has 1 aliphatic rings. The van der Waals surface area contributed by atoms with Gasteiger partial charge in [0.2, 0.25) is 5.91 Å². The minimum absolute atomic E-state index is 0.148. The third kappa shape index (κ3) is 4.39. The lowest BCUT2D eigenvalue weighted by atomic mass is 10.1. The molecule has 3 aromatic rings. The van der Waals surface area contributed by atoms with Crippen LogP contribution in [0.15, 0.2) is 48.7 Å². The number of nitrogens with one attached hydrogen (secondary N) is 2. The van der Waals surface area contributed by atoms with Gasteiger partial charge in [-0.05, 0) is 43.2 Å². The maximum absolute atomic E-state index is 12.7. The minimum atomic E-state index is -0.888. The fraction of sp³-hybridized carbons (Fsp3) is 0.318. The molecule has 0 bridgehead atoms. The van der Waals surface area contributed by atoms with Crippen LogP contribution in [0.1, 0.15) is 30.8 Å². The molecular weight excluding hydrogens is 412 g/mol. The van der Waals surface area contributed by atoms with E-state index in [0.29, 0.717) is 17.9 Å². The van der Waals surface area contributed by atoms with Gasteiger partial charge in [0.25, 0.3) is 5.91 Å². The lowest BCUT2D eigenvalue weighted by Gasteiger charge is -2.15. The number of imide groups is 1. The molecule has 3 heterocycles. The van der Waals surface area contributed by atoms with Gasteiger partial charge >= 0.3 is 6.03 Å². The minimum Gasteiger partial charge on any atom is -0.497 e. The van der Waals surface area contributed by atoms with Gasteiger partial charge in [-0.25, -0.2) is 4.79 Å². The van der Waals surface area contributed by atoms with Gasteiger partial charge in [-0.15, -0.1) is 10.2 Å². The van der Waals surface area contributed by atoms with Gasteiger partial charge in [0, 0.05) is 12.7 Å². The van der Waals surface area contributed by atoms with Crippen LogP contribution in [0.4, 0.5) is 4.79 Å². The molecule has 0 radical (unpaired) electrons. The fourth-order valence-corrected chi connectivity index (χ4v) is 3.67. The molecule has 0 unspecified atom stereocenters. The molecular formula is C22H24N6O4. The van der Waals surface area contributed by atoms with Gasteiger partial charge < -0.3 is 15.4 Å². The fourth-order valence-electron chi connectivity index (χ4n) is 3.67. The Morgan fingerprint density at radius 3 is 2.72 bits per heavy atom. The maximum atomic E-state index is 12.7. The van der Waals surface area contributed by atoms with Crippen LogP contribution in [-0.4, -0.2) is 57.0 Å². The van der Waals surface area contributed by atoms with E-state index in [4.69, 9.17) is 4.74 Å². The highest BCUT2D eigenvalue weighted by molar-refractivity contribution is 6.05. The first-order chi connectivity index (χ1) is 15.5. The van der Waals surface area contributed by atoms with E-state index in [0.717, 1.165) is 16.2 Å². The van der Waals surface area contributed by atoms with Crippen molar-refractivity contribution < 1.29 is 19.1 Å². The summed E-state index contributed by atoms with van der Waals surface area (Å²) in [7, 11) is 1.59. The number of hydrogen-bond acceptors (Lipinski definition) is 6. The normalized spacial score (nSPS) is 16.8. The molecule has 0 saturated carbocycles. The van der Waals surface area contributed by atoms with Crippen LogP contribution in [0.25, 0.3) is 5.65 Å². The largest absolute Gasteiger partial charge is 0.497 e. The van der Waals surface area contributed by atoms with Gasteiger partial charge in [0.15, 0.2) is 11.5 Å². The Bertz CT molecular complexity index is 1140. The first kappa shape index (κ1) is 21.3. The molecule has 32 heavy (non-hydrogen) atoms. The topological polar surface area (TPSA) is 118 Å². The van der Waals surface area contributed by atoms with E-state index in [2.05, 4.69) is 20.8 Å². The summed E-state index contributed by atoms with van der Waals surface area (Å²) >= 11 is 0. The number of amides is 4. The number of fused-ring (bicyclic) bond motifs is 1. The first-order valence-corrected chi connectivity index (χ1v) is 10.3. The zero-order valence-electron chi connectivity index (χ0n) is 17.8. The molecule has 2 atom stereocenters. The number of ether oxygens (including phenoxy) is 1. The summed E-state index contributed by atoms with van der Waals surface area (Å²) in [5.74, 6) is 0.556. The zero-order chi connectivity index (χ0) is 22.7. The van der Waals surface area contributed by atoms with Crippen LogP contribution in [0, 0.1) is 0 Å². The predicted octanol–water partition coefficient (Wildman–Crippen LogP) is 1.47. The summed E-state index contributed by atoms with van der Waals surface area (Å²) in [5.41, 5.74) is 1.65. The Balaban J connectivity index is 1.32. The quantitative estimate of drug-likeness (QED) is 0.517. The van der Waals surface area contributed by atoms with Crippen LogP contribution in [0.5, 0.6) is 5.75 Å². The summed E-state index contributed by atoms with van der Waals surface area (Å²) in [4.78, 5) is 38.6. The lowest BCUT2D eigenvalue weighted by molar-refractivity contribution is -0.131. The molecule has 0 aliphatic carbocycles. The Labute approximate surface area is 184 Å². The van der Waals surface area contributed by atoms with Gasteiger partial charge in [0.1, 0.15) is 11.8 Å². The van der Waals surface area contributed by atoms with Crippen LogP contribution in [0.3, 0.4) is 0 Å². The average Bonchev–Trinajstić information content (AvgIpc) is 3.33. The zero-order valence-corrected chi connectivity index (χ0v) is 17.8. The monoisotopic (exact) mass is 436 g/mol. The van der Waals surface area contributed by atoms with E-state index in [-0.39, 0.29) is 18.9 Å². The Morgan fingerprint density at radius 2 is 1.97 bits per heavy atom. The highest BCUT2D eigenvalue weighted by Crippen LogP contribution is 2.16. The summed E-state index contributed by atoms with van der Waals surface area (Å²) < 4.78 is 6.92. The molecule has 10 nitrogen and oxygen atoms in total. The third-order valence-corrected chi connectivity index (χ3v) is 5.38. The Kier molecular flexibility index (Phi) is 6.02. The number of aromatic nitrogens is 3. The number of hydrogen-bond donors (Lipinski definition) is 2. The number of pyridine rings is 1. The number of urea groups is 1. The second-order valence-electron chi connectivity index (χ2n) is 7.57. The number of benzene rings is 1. The number of nitrogens with zero attached hydrogens (tertiary/aromatic N) is 4. The van der Waals surface area contributed by atoms with Crippen molar-refractivity contribution >= 4 is 23.5 Å². The van der Waals surface area contributed by atoms with E-state index in [1.165, 1.54) is 0 Å². The SMILES string of the molecule is COc1ccc(CCN2C(=O)N[C@H](CC(=O)N[C@H](C)c3nnc4ccccn34)C2=O)cc1. The van der Waals surface area contributed by atoms with Crippen molar-refractivity contribution in [3.8, 4) is 5.75 Å². The number of carbonyl (C=O) groups is 3. The second kappa shape index (κ2) is 9.04. The molecule has 4 rings (SSSR count). The number of methoxy groups -OCH3 is 1. The number of rotatable bonds is 8. The van der Waals surface area contributed by atoms with Crippen LogP contribution >= 0.6 is 0 Å². The molecule has 1 aliphatic heterocycles. The Morgan fingerprint density at radius 1 is 1.19 bits per heavy atom. The van der Waals surface area contributed by atoms with Crippen LogP contribution in [0.2, 0.25) is 0 Å². The highest BCUT2D eigenvalue weighted by atomic mass is 16.5. The Hall–Kier alpha value is -3.95. The van der Waals surface area contributed by atoms with Crippen molar-refractivity contribution in [3.63, 3.8) is 0 Å². The van der Waals surface area contributed by atoms with Crippen LogP contribution < -0.4 is 15.4 Å². The van der Waals surface area contributed by atoms with Crippen molar-refractivity contribution in [3.05, 3.63) is 60.0 Å². The van der Waals surface area contributed by atoms with Gasteiger partial charge in [-0.3, -0.25) is 18.9 Å². The smallest absolute Gasteiger partial charge is 0.324 e. The average molecular weight is 436 g/mol. The van der Waals surface area contributed by atoms with E-state index in [9.17, 15) is 14.4 Å². The van der Waals surface area contributed by atoms with E-state index < -0.39 is 24.0 Å². The summed E-state index contributed by atoms with van der Waals surface area (Å²) in [6.07, 6.45) is 2.18. The van der Waals surface area contributed by atoms with E-state index in [1.54, 1.807) is 18.4 Å². The molecule has 0 spiro atoms. The van der Waals surface area contributed by atoms with Crippen molar-refractivity contribution in [2.75, 3.05) is 13.7 Å². The summed E-state index contributed by atoms with van der Waals surface area (Å²) in [6.45, 7) is 2.02. The molecule has 1 fully saturated rings. The molecule has 166 valence electrons. The summed E-state index contributed by atoms with van der Waals surface area (Å²) in [6, 6.07) is 11.2. The maximum Gasteiger partial charge on any atom is 0.324 e. The van der Waals surface area contributed by atoms with Crippen molar-refractivity contribution in [2.45, 2.75) is 31.8 Å². The molecule has 4 amide bonds. The second-order valence-corrected chi connectivity index (χ2v) is 7.57. The van der Waals surface area contributed by atoms with E-state index >= 15 is 0 Å². The number of carbonyl (C=O) groups excluding carboxylic acids is 3.